The Balaban J connectivity index is 1.10. The summed E-state index contributed by atoms with van der Waals surface area (Å²) >= 11 is 1.48. The molecule has 5 aromatic carbocycles. The van der Waals surface area contributed by atoms with E-state index in [2.05, 4.69) is 52.5 Å². The van der Waals surface area contributed by atoms with Crippen molar-refractivity contribution in [2.45, 2.75) is 30.5 Å². The van der Waals surface area contributed by atoms with Gasteiger partial charge in [0.05, 0.1) is 5.25 Å². The fourth-order valence-electron chi connectivity index (χ4n) is 5.12. The topological polar surface area (TPSA) is 63.1 Å². The molecule has 40 heavy (non-hydrogen) atoms. The third kappa shape index (κ3) is 5.06. The molecule has 0 saturated heterocycles. The van der Waals surface area contributed by atoms with Gasteiger partial charge in [-0.05, 0) is 85.3 Å². The summed E-state index contributed by atoms with van der Waals surface area (Å²) in [7, 11) is 0. The molecule has 6 aromatic rings. The van der Waals surface area contributed by atoms with Gasteiger partial charge in [0.2, 0.25) is 5.91 Å². The van der Waals surface area contributed by atoms with Crippen molar-refractivity contribution in [3.05, 3.63) is 115 Å². The standard InChI is InChI=1S/C34H29N3O2S/c1-3-37-31-11-7-6-10-29(31)30-21-27(16-19-32(30)37)36-33(38)22(2)40-28-17-14-26(15-18-28)35-34(39)25-13-12-23-8-4-5-9-24(23)20-25/h4-22H,3H2,1-2H3,(H,35,39)(H,36,38). The number of fused-ring (bicyclic) bond motifs is 4. The van der Waals surface area contributed by atoms with Crippen LogP contribution in [0.2, 0.25) is 0 Å². The molecule has 198 valence electrons. The van der Waals surface area contributed by atoms with Crippen LogP contribution in [0.25, 0.3) is 32.6 Å². The van der Waals surface area contributed by atoms with E-state index in [0.29, 0.717) is 11.3 Å². The van der Waals surface area contributed by atoms with Crippen molar-refractivity contribution in [1.29, 1.82) is 0 Å². The lowest BCUT2D eigenvalue weighted by atomic mass is 10.1. The van der Waals surface area contributed by atoms with Crippen LogP contribution < -0.4 is 10.6 Å². The number of hydrogen-bond donors (Lipinski definition) is 2. The number of nitrogens with zero attached hydrogens (tertiary/aromatic N) is 1. The van der Waals surface area contributed by atoms with Crippen LogP contribution in [0.3, 0.4) is 0 Å². The molecule has 0 fully saturated rings. The zero-order valence-electron chi connectivity index (χ0n) is 22.3. The van der Waals surface area contributed by atoms with E-state index >= 15 is 0 Å². The highest BCUT2D eigenvalue weighted by molar-refractivity contribution is 8.00. The SMILES string of the molecule is CCn1c2ccccc2c2cc(NC(=O)C(C)Sc3ccc(NC(=O)c4ccc5ccccc5c4)cc3)ccc21. The molecule has 0 aliphatic heterocycles. The summed E-state index contributed by atoms with van der Waals surface area (Å²) in [4.78, 5) is 26.8. The second kappa shape index (κ2) is 10.9. The van der Waals surface area contributed by atoms with E-state index in [4.69, 9.17) is 0 Å². The minimum absolute atomic E-state index is 0.0581. The Kier molecular flexibility index (Phi) is 7.01. The van der Waals surface area contributed by atoms with Crippen molar-refractivity contribution in [3.63, 3.8) is 0 Å². The first kappa shape index (κ1) is 25.7. The molecule has 6 heteroatoms. The number of rotatable bonds is 7. The van der Waals surface area contributed by atoms with Crippen LogP contribution in [-0.4, -0.2) is 21.6 Å². The second-order valence-corrected chi connectivity index (χ2v) is 11.2. The van der Waals surface area contributed by atoms with Gasteiger partial charge in [0, 0.05) is 50.2 Å². The highest BCUT2D eigenvalue weighted by atomic mass is 32.2. The molecule has 5 nitrogen and oxygen atoms in total. The normalized spacial score (nSPS) is 12.1. The van der Waals surface area contributed by atoms with Gasteiger partial charge in [-0.2, -0.15) is 0 Å². The lowest BCUT2D eigenvalue weighted by Crippen LogP contribution is -2.22. The highest BCUT2D eigenvalue weighted by Gasteiger charge is 2.16. The maximum Gasteiger partial charge on any atom is 0.255 e. The van der Waals surface area contributed by atoms with Gasteiger partial charge < -0.3 is 15.2 Å². The molecule has 1 aromatic heterocycles. The van der Waals surface area contributed by atoms with Crippen LogP contribution in [0.1, 0.15) is 24.2 Å². The van der Waals surface area contributed by atoms with Gasteiger partial charge in [-0.1, -0.05) is 48.5 Å². The molecule has 1 heterocycles. The van der Waals surface area contributed by atoms with Crippen molar-refractivity contribution >= 4 is 67.5 Å². The van der Waals surface area contributed by atoms with Crippen LogP contribution in [-0.2, 0) is 11.3 Å². The third-order valence-electron chi connectivity index (χ3n) is 7.16. The summed E-state index contributed by atoms with van der Waals surface area (Å²) in [5, 5.41) is 10.2. The number of aryl methyl sites for hydroxylation is 1. The van der Waals surface area contributed by atoms with E-state index in [1.807, 2.05) is 85.8 Å². The first-order valence-corrected chi connectivity index (χ1v) is 14.3. The Morgan fingerprint density at radius 2 is 1.43 bits per heavy atom. The van der Waals surface area contributed by atoms with Crippen LogP contribution in [0.5, 0.6) is 0 Å². The fourth-order valence-corrected chi connectivity index (χ4v) is 5.99. The summed E-state index contributed by atoms with van der Waals surface area (Å²) in [6, 6.07) is 35.7. The van der Waals surface area contributed by atoms with Gasteiger partial charge >= 0.3 is 0 Å². The van der Waals surface area contributed by atoms with Crippen molar-refractivity contribution in [2.24, 2.45) is 0 Å². The number of para-hydroxylation sites is 1. The van der Waals surface area contributed by atoms with Gasteiger partial charge in [0.25, 0.3) is 5.91 Å². The number of carbonyl (C=O) groups excluding carboxylic acids is 2. The maximum absolute atomic E-state index is 13.0. The van der Waals surface area contributed by atoms with Crippen molar-refractivity contribution in [2.75, 3.05) is 10.6 Å². The van der Waals surface area contributed by atoms with Gasteiger partial charge in [-0.3, -0.25) is 9.59 Å². The minimum Gasteiger partial charge on any atom is -0.341 e. The van der Waals surface area contributed by atoms with E-state index < -0.39 is 0 Å². The first-order valence-electron chi connectivity index (χ1n) is 13.4. The predicted octanol–water partition coefficient (Wildman–Crippen LogP) is 8.34. The number of benzene rings is 5. The molecule has 0 aliphatic rings. The number of anilines is 2. The summed E-state index contributed by atoms with van der Waals surface area (Å²) in [5.74, 6) is -0.213. The van der Waals surface area contributed by atoms with Gasteiger partial charge in [-0.15, -0.1) is 11.8 Å². The number of nitrogens with one attached hydrogen (secondary N) is 2. The van der Waals surface area contributed by atoms with E-state index in [-0.39, 0.29) is 17.1 Å². The zero-order valence-corrected chi connectivity index (χ0v) is 23.2. The molecule has 0 spiro atoms. The van der Waals surface area contributed by atoms with Crippen LogP contribution in [0, 0.1) is 0 Å². The van der Waals surface area contributed by atoms with Gasteiger partial charge in [0.1, 0.15) is 0 Å². The quantitative estimate of drug-likeness (QED) is 0.199. The monoisotopic (exact) mass is 543 g/mol. The fraction of sp³-hybridized carbons (Fsp3) is 0.118. The van der Waals surface area contributed by atoms with E-state index in [1.54, 1.807) is 0 Å². The van der Waals surface area contributed by atoms with Gasteiger partial charge in [0.15, 0.2) is 0 Å². The summed E-state index contributed by atoms with van der Waals surface area (Å²) in [6.45, 7) is 4.93. The maximum atomic E-state index is 13.0. The molecule has 0 aliphatic carbocycles. The van der Waals surface area contributed by atoms with E-state index in [9.17, 15) is 9.59 Å². The van der Waals surface area contributed by atoms with Crippen molar-refractivity contribution in [3.8, 4) is 0 Å². The lowest BCUT2D eigenvalue weighted by molar-refractivity contribution is -0.115. The molecule has 2 N–H and O–H groups in total. The van der Waals surface area contributed by atoms with E-state index in [0.717, 1.165) is 38.8 Å². The predicted molar refractivity (Wildman–Crippen MR) is 167 cm³/mol. The van der Waals surface area contributed by atoms with E-state index in [1.165, 1.54) is 22.7 Å². The Labute approximate surface area is 237 Å². The number of thioether (sulfide) groups is 1. The first-order chi connectivity index (χ1) is 19.5. The Morgan fingerprint density at radius 3 is 2.23 bits per heavy atom. The second-order valence-electron chi connectivity index (χ2n) is 9.78. The van der Waals surface area contributed by atoms with Crippen LogP contribution in [0.15, 0.2) is 114 Å². The smallest absolute Gasteiger partial charge is 0.255 e. The minimum atomic E-state index is -0.300. The molecular weight excluding hydrogens is 514 g/mol. The molecule has 0 radical (unpaired) electrons. The molecule has 2 amide bonds. The number of aromatic nitrogens is 1. The van der Waals surface area contributed by atoms with Crippen LogP contribution >= 0.6 is 11.8 Å². The average molecular weight is 544 g/mol. The lowest BCUT2D eigenvalue weighted by Gasteiger charge is -2.13. The number of hydrogen-bond acceptors (Lipinski definition) is 3. The molecule has 1 unspecified atom stereocenters. The Hall–Kier alpha value is -4.55. The molecule has 6 rings (SSSR count). The molecule has 0 bridgehead atoms. The Morgan fingerprint density at radius 1 is 0.725 bits per heavy atom. The van der Waals surface area contributed by atoms with Crippen molar-refractivity contribution in [1.82, 2.24) is 4.57 Å². The average Bonchev–Trinajstić information content (AvgIpc) is 3.30. The Bertz CT molecular complexity index is 1870. The van der Waals surface area contributed by atoms with Crippen molar-refractivity contribution < 1.29 is 9.59 Å². The van der Waals surface area contributed by atoms with Crippen LogP contribution in [0.4, 0.5) is 11.4 Å². The number of carbonyl (C=O) groups is 2. The largest absolute Gasteiger partial charge is 0.341 e. The number of amides is 2. The molecule has 1 atom stereocenters. The molecule has 0 saturated carbocycles. The summed E-state index contributed by atoms with van der Waals surface area (Å²) in [6.07, 6.45) is 0. The molecular formula is C34H29N3O2S. The summed E-state index contributed by atoms with van der Waals surface area (Å²) in [5.41, 5.74) is 4.47. The third-order valence-corrected chi connectivity index (χ3v) is 8.27. The van der Waals surface area contributed by atoms with Gasteiger partial charge in [-0.25, -0.2) is 0 Å². The summed E-state index contributed by atoms with van der Waals surface area (Å²) < 4.78 is 2.29. The highest BCUT2D eigenvalue weighted by Crippen LogP contribution is 2.32. The zero-order chi connectivity index (χ0) is 27.6.